The highest BCUT2D eigenvalue weighted by atomic mass is 79.9. The van der Waals surface area contributed by atoms with Gasteiger partial charge in [-0.3, -0.25) is 13.9 Å². The van der Waals surface area contributed by atoms with Gasteiger partial charge in [-0.15, -0.1) is 0 Å². The summed E-state index contributed by atoms with van der Waals surface area (Å²) in [6.45, 7) is 1.65. The minimum absolute atomic E-state index is 0.0596. The van der Waals surface area contributed by atoms with Crippen LogP contribution in [0.3, 0.4) is 0 Å². The van der Waals surface area contributed by atoms with Crippen molar-refractivity contribution in [3.05, 3.63) is 130 Å². The van der Waals surface area contributed by atoms with Crippen LogP contribution in [0, 0.1) is 6.92 Å². The van der Waals surface area contributed by atoms with Crippen molar-refractivity contribution in [3.8, 4) is 0 Å². The number of sulfonamides is 1. The Hall–Kier alpha value is -3.95. The third-order valence-corrected chi connectivity index (χ3v) is 10.4. The molecule has 1 aliphatic carbocycles. The van der Waals surface area contributed by atoms with Gasteiger partial charge in [-0.05, 0) is 67.3 Å². The molecule has 1 N–H and O–H groups in total. The lowest BCUT2D eigenvalue weighted by atomic mass is 10.0. The van der Waals surface area contributed by atoms with Crippen molar-refractivity contribution >= 4 is 43.5 Å². The van der Waals surface area contributed by atoms with Crippen molar-refractivity contribution in [3.63, 3.8) is 0 Å². The maximum Gasteiger partial charge on any atom is 0.264 e. The first-order valence-electron chi connectivity index (χ1n) is 15.2. The Morgan fingerprint density at radius 1 is 0.844 bits per heavy atom. The van der Waals surface area contributed by atoms with Crippen molar-refractivity contribution in [1.82, 2.24) is 10.2 Å². The van der Waals surface area contributed by atoms with Gasteiger partial charge in [0.25, 0.3) is 10.0 Å². The fraction of sp³-hybridized carbons (Fsp3) is 0.278. The molecule has 0 aliphatic heterocycles. The van der Waals surface area contributed by atoms with E-state index in [1.165, 1.54) is 12.1 Å². The zero-order valence-corrected chi connectivity index (χ0v) is 27.7. The molecular formula is C36H38BrN3O4S. The number of benzene rings is 4. The molecule has 1 atom stereocenters. The molecule has 0 unspecified atom stereocenters. The summed E-state index contributed by atoms with van der Waals surface area (Å²) in [5, 5.41) is 3.21. The maximum atomic E-state index is 14.6. The van der Waals surface area contributed by atoms with Crippen LogP contribution in [0.4, 0.5) is 5.69 Å². The van der Waals surface area contributed by atoms with E-state index in [9.17, 15) is 18.0 Å². The van der Waals surface area contributed by atoms with Crippen molar-refractivity contribution in [2.45, 2.75) is 62.6 Å². The molecule has 7 nitrogen and oxygen atoms in total. The molecule has 1 saturated carbocycles. The molecule has 0 aromatic heterocycles. The van der Waals surface area contributed by atoms with Crippen LogP contribution in [0.25, 0.3) is 0 Å². The van der Waals surface area contributed by atoms with E-state index in [1.54, 1.807) is 47.4 Å². The average molecular weight is 689 g/mol. The summed E-state index contributed by atoms with van der Waals surface area (Å²) in [7, 11) is -4.13. The van der Waals surface area contributed by atoms with Gasteiger partial charge in [-0.25, -0.2) is 8.42 Å². The van der Waals surface area contributed by atoms with Gasteiger partial charge in [0.15, 0.2) is 0 Å². The van der Waals surface area contributed by atoms with Crippen LogP contribution in [0.1, 0.15) is 42.4 Å². The van der Waals surface area contributed by atoms with Crippen LogP contribution < -0.4 is 9.62 Å². The van der Waals surface area contributed by atoms with Crippen LogP contribution in [0.15, 0.2) is 119 Å². The van der Waals surface area contributed by atoms with E-state index < -0.39 is 28.5 Å². The number of anilines is 1. The number of nitrogens with one attached hydrogen (secondary N) is 1. The van der Waals surface area contributed by atoms with E-state index in [4.69, 9.17) is 0 Å². The number of rotatable bonds is 12. The van der Waals surface area contributed by atoms with E-state index in [0.717, 1.165) is 51.2 Å². The first-order chi connectivity index (χ1) is 21.7. The predicted molar refractivity (Wildman–Crippen MR) is 181 cm³/mol. The Labute approximate surface area is 274 Å². The number of amides is 2. The molecule has 45 heavy (non-hydrogen) atoms. The number of aryl methyl sites for hydroxylation is 1. The summed E-state index contributed by atoms with van der Waals surface area (Å²) in [6.07, 6.45) is 4.21. The normalized spacial score (nSPS) is 14.1. The van der Waals surface area contributed by atoms with Crippen LogP contribution in [-0.2, 0) is 32.6 Å². The zero-order valence-electron chi connectivity index (χ0n) is 25.3. The fourth-order valence-electron chi connectivity index (χ4n) is 5.78. The molecule has 0 heterocycles. The van der Waals surface area contributed by atoms with Crippen molar-refractivity contribution in [2.75, 3.05) is 10.8 Å². The summed E-state index contributed by atoms with van der Waals surface area (Å²) < 4.78 is 30.0. The molecule has 2 amide bonds. The van der Waals surface area contributed by atoms with Crippen molar-refractivity contribution in [1.29, 1.82) is 0 Å². The zero-order chi connectivity index (χ0) is 31.8. The number of nitrogens with zero attached hydrogens (tertiary/aromatic N) is 2. The molecular weight excluding hydrogens is 650 g/mol. The molecule has 4 aromatic carbocycles. The summed E-state index contributed by atoms with van der Waals surface area (Å²) in [5.74, 6) is -0.700. The lowest BCUT2D eigenvalue weighted by Crippen LogP contribution is -2.54. The van der Waals surface area contributed by atoms with Crippen molar-refractivity contribution < 1.29 is 18.0 Å². The minimum Gasteiger partial charge on any atom is -0.352 e. The lowest BCUT2D eigenvalue weighted by molar-refractivity contribution is -0.140. The van der Waals surface area contributed by atoms with Crippen LogP contribution in [0.5, 0.6) is 0 Å². The summed E-state index contributed by atoms with van der Waals surface area (Å²) in [5.41, 5.74) is 3.14. The summed E-state index contributed by atoms with van der Waals surface area (Å²) in [6, 6.07) is 31.5. The van der Waals surface area contributed by atoms with Gasteiger partial charge < -0.3 is 10.2 Å². The molecule has 0 radical (unpaired) electrons. The van der Waals surface area contributed by atoms with E-state index in [2.05, 4.69) is 21.2 Å². The maximum absolute atomic E-state index is 14.6. The van der Waals surface area contributed by atoms with Gasteiger partial charge in [-0.2, -0.15) is 0 Å². The topological polar surface area (TPSA) is 86.8 Å². The van der Waals surface area contributed by atoms with Gasteiger partial charge in [0, 0.05) is 23.5 Å². The number of hydrogen-bond donors (Lipinski definition) is 1. The largest absolute Gasteiger partial charge is 0.352 e. The number of hydrogen-bond acceptors (Lipinski definition) is 4. The number of carbonyl (C=O) groups is 2. The van der Waals surface area contributed by atoms with Gasteiger partial charge in [0.05, 0.1) is 10.6 Å². The standard InChI is InChI=1S/C36H38BrN3O4S/c1-27-11-10-14-29(23-27)25-39(34(24-28-12-4-2-5-13-28)36(42)38-31-15-8-9-16-31)35(41)26-40(32-21-19-30(37)20-22-32)45(43,44)33-17-6-3-7-18-33/h2-7,10-14,17-23,31,34H,8-9,15-16,24-26H2,1H3,(H,38,42)/t34-/m0/s1. The second-order valence-electron chi connectivity index (χ2n) is 11.5. The highest BCUT2D eigenvalue weighted by molar-refractivity contribution is 9.10. The molecule has 0 saturated heterocycles. The summed E-state index contributed by atoms with van der Waals surface area (Å²) >= 11 is 3.42. The first-order valence-corrected chi connectivity index (χ1v) is 17.5. The number of halogens is 1. The predicted octanol–water partition coefficient (Wildman–Crippen LogP) is 6.65. The number of carbonyl (C=O) groups excluding carboxylic acids is 2. The Morgan fingerprint density at radius 2 is 1.47 bits per heavy atom. The van der Waals surface area contributed by atoms with Gasteiger partial charge >= 0.3 is 0 Å². The van der Waals surface area contributed by atoms with E-state index in [1.807, 2.05) is 61.5 Å². The van der Waals surface area contributed by atoms with Crippen molar-refractivity contribution in [2.24, 2.45) is 0 Å². The first kappa shape index (κ1) is 32.4. The smallest absolute Gasteiger partial charge is 0.264 e. The van der Waals surface area contributed by atoms with Crippen LogP contribution >= 0.6 is 15.9 Å². The summed E-state index contributed by atoms with van der Waals surface area (Å²) in [4.78, 5) is 30.3. The molecule has 0 spiro atoms. The Bertz CT molecular complexity index is 1690. The Kier molecular flexibility index (Phi) is 10.7. The third-order valence-electron chi connectivity index (χ3n) is 8.13. The molecule has 1 fully saturated rings. The quantitative estimate of drug-likeness (QED) is 0.181. The highest BCUT2D eigenvalue weighted by Gasteiger charge is 2.35. The SMILES string of the molecule is Cc1cccc(CN(C(=O)CN(c2ccc(Br)cc2)S(=O)(=O)c2ccccc2)[C@@H](Cc2ccccc2)C(=O)NC2CCCC2)c1. The molecule has 0 bridgehead atoms. The van der Waals surface area contributed by atoms with Crippen LogP contribution in [0.2, 0.25) is 0 Å². The lowest BCUT2D eigenvalue weighted by Gasteiger charge is -2.34. The van der Waals surface area contributed by atoms with Gasteiger partial charge in [0.1, 0.15) is 12.6 Å². The molecule has 5 rings (SSSR count). The monoisotopic (exact) mass is 687 g/mol. The molecule has 4 aromatic rings. The van der Waals surface area contributed by atoms with E-state index in [-0.39, 0.29) is 23.4 Å². The molecule has 1 aliphatic rings. The van der Waals surface area contributed by atoms with Crippen LogP contribution in [-0.4, -0.2) is 43.8 Å². The van der Waals surface area contributed by atoms with Gasteiger partial charge in [-0.1, -0.05) is 107 Å². The second-order valence-corrected chi connectivity index (χ2v) is 14.3. The average Bonchev–Trinajstić information content (AvgIpc) is 3.56. The minimum atomic E-state index is -4.13. The highest BCUT2D eigenvalue weighted by Crippen LogP contribution is 2.27. The van der Waals surface area contributed by atoms with E-state index in [0.29, 0.717) is 12.1 Å². The van der Waals surface area contributed by atoms with E-state index >= 15 is 0 Å². The molecule has 9 heteroatoms. The Morgan fingerprint density at radius 3 is 2.11 bits per heavy atom. The Balaban J connectivity index is 1.56. The fourth-order valence-corrected chi connectivity index (χ4v) is 7.48. The third kappa shape index (κ3) is 8.41. The molecule has 234 valence electrons. The second kappa shape index (κ2) is 14.9. The van der Waals surface area contributed by atoms with Gasteiger partial charge in [0.2, 0.25) is 11.8 Å².